The fourth-order valence-electron chi connectivity index (χ4n) is 5.77. The Kier molecular flexibility index (Phi) is 30.7. The molecule has 0 aromatic carbocycles. The molecule has 0 bridgehead atoms. The maximum absolute atomic E-state index is 11.5. The number of hydrogen-bond acceptors (Lipinski definition) is 11. The largest absolute Gasteiger partial charge is 0.460 e. The Hall–Kier alpha value is -2.57. The van der Waals surface area contributed by atoms with E-state index in [2.05, 4.69) is 31.6 Å². The summed E-state index contributed by atoms with van der Waals surface area (Å²) >= 11 is 0. The van der Waals surface area contributed by atoms with E-state index in [1.165, 1.54) is 83.5 Å². The molecule has 290 valence electrons. The molecule has 0 aromatic heterocycles. The van der Waals surface area contributed by atoms with Crippen molar-refractivity contribution in [3.8, 4) is 0 Å². The lowest BCUT2D eigenvalue weighted by atomic mass is 10.0. The summed E-state index contributed by atoms with van der Waals surface area (Å²) in [6.07, 6.45) is 20.4. The number of ether oxygens (including phenoxy) is 3. The molecule has 4 atom stereocenters. The first kappa shape index (κ1) is 47.4. The van der Waals surface area contributed by atoms with Crippen LogP contribution in [0.2, 0.25) is 0 Å². The van der Waals surface area contributed by atoms with E-state index in [9.17, 15) is 29.7 Å². The minimum Gasteiger partial charge on any atom is -0.460 e. The number of nitrogens with zero attached hydrogens (tertiary/aromatic N) is 2. The van der Waals surface area contributed by atoms with Crippen LogP contribution in [-0.4, -0.2) is 120 Å². The summed E-state index contributed by atoms with van der Waals surface area (Å²) in [5, 5.41) is 31.9. The number of hydrogen-bond donors (Lipinski definition) is 3. The molecule has 0 aliphatic heterocycles. The topological polar surface area (TPSA) is 146 Å². The monoisotopic (exact) mass is 711 g/mol. The van der Waals surface area contributed by atoms with E-state index in [0.717, 1.165) is 37.5 Å². The van der Waals surface area contributed by atoms with Gasteiger partial charge in [0.2, 0.25) is 0 Å². The van der Waals surface area contributed by atoms with Crippen molar-refractivity contribution in [2.24, 2.45) is 0 Å². The number of carbonyl (C=O) groups is 3. The minimum absolute atomic E-state index is 0.0600. The second-order valence-corrected chi connectivity index (χ2v) is 13.3. The van der Waals surface area contributed by atoms with Gasteiger partial charge >= 0.3 is 17.9 Å². The van der Waals surface area contributed by atoms with Gasteiger partial charge in [-0.25, -0.2) is 14.4 Å². The molecule has 0 saturated carbocycles. The normalized spacial score (nSPS) is 13.7. The zero-order valence-electron chi connectivity index (χ0n) is 31.3. The predicted octanol–water partition coefficient (Wildman–Crippen LogP) is 5.51. The molecule has 3 N–H and O–H groups in total. The zero-order chi connectivity index (χ0) is 37.4. The Bertz CT molecular complexity index is 884. The molecule has 0 rings (SSSR count). The summed E-state index contributed by atoms with van der Waals surface area (Å²) in [6, 6.07) is -0.242. The number of aliphatic hydroxyl groups is 3. The van der Waals surface area contributed by atoms with Crippen molar-refractivity contribution in [2.45, 2.75) is 141 Å². The molecular formula is C39H70N2O9. The van der Waals surface area contributed by atoms with Crippen LogP contribution in [0.3, 0.4) is 0 Å². The van der Waals surface area contributed by atoms with Gasteiger partial charge in [-0.3, -0.25) is 9.80 Å². The Balaban J connectivity index is 5.00. The molecule has 0 heterocycles. The number of unbranched alkanes of at least 4 members (excludes halogenated alkanes) is 15. The van der Waals surface area contributed by atoms with Gasteiger partial charge in [-0.2, -0.15) is 0 Å². The maximum Gasteiger partial charge on any atom is 0.330 e. The number of aliphatic hydroxyl groups excluding tert-OH is 3. The first-order chi connectivity index (χ1) is 24.1. The zero-order valence-corrected chi connectivity index (χ0v) is 31.3. The quantitative estimate of drug-likeness (QED) is 0.0331. The standard InChI is InChI=1S/C39H70N2O9/c1-6-10-11-12-13-14-15-16-17-18-19-20-21-22-23-24-25-40(27-34(42)30-48-37(45)7-2)26-33(5)41(28-35(43)31-49-38(46)8-3)29-36(44)32-50-39(47)9-4/h7-9,33-36,42-44H,2-4,6,10-32H2,1,5H3. The van der Waals surface area contributed by atoms with Crippen LogP contribution in [0.1, 0.15) is 117 Å². The highest BCUT2D eigenvalue weighted by Gasteiger charge is 2.25. The van der Waals surface area contributed by atoms with Crippen molar-refractivity contribution in [3.05, 3.63) is 38.0 Å². The van der Waals surface area contributed by atoms with Gasteiger partial charge in [0, 0.05) is 50.4 Å². The van der Waals surface area contributed by atoms with Gasteiger partial charge in [-0.1, -0.05) is 123 Å². The van der Waals surface area contributed by atoms with Gasteiger partial charge in [-0.05, 0) is 19.9 Å². The molecule has 0 radical (unpaired) electrons. The van der Waals surface area contributed by atoms with Crippen molar-refractivity contribution >= 4 is 17.9 Å². The van der Waals surface area contributed by atoms with Crippen molar-refractivity contribution in [3.63, 3.8) is 0 Å². The highest BCUT2D eigenvalue weighted by atomic mass is 16.5. The molecule has 0 spiro atoms. The average Bonchev–Trinajstić information content (AvgIpc) is 3.10. The molecular weight excluding hydrogens is 640 g/mol. The van der Waals surface area contributed by atoms with E-state index in [0.29, 0.717) is 13.1 Å². The van der Waals surface area contributed by atoms with Crippen LogP contribution < -0.4 is 0 Å². The van der Waals surface area contributed by atoms with E-state index in [1.54, 1.807) is 0 Å². The van der Waals surface area contributed by atoms with Gasteiger partial charge < -0.3 is 29.5 Å². The Labute approximate surface area is 302 Å². The van der Waals surface area contributed by atoms with Crippen LogP contribution in [-0.2, 0) is 28.6 Å². The predicted molar refractivity (Wildman–Crippen MR) is 199 cm³/mol. The second-order valence-electron chi connectivity index (χ2n) is 13.3. The summed E-state index contributed by atoms with van der Waals surface area (Å²) in [5.41, 5.74) is 0. The third kappa shape index (κ3) is 28.2. The lowest BCUT2D eigenvalue weighted by Gasteiger charge is -2.36. The molecule has 4 unspecified atom stereocenters. The molecule has 0 saturated heterocycles. The van der Waals surface area contributed by atoms with Gasteiger partial charge in [0.1, 0.15) is 38.1 Å². The van der Waals surface area contributed by atoms with Crippen LogP contribution in [0.25, 0.3) is 0 Å². The number of esters is 3. The van der Waals surface area contributed by atoms with Crippen LogP contribution >= 0.6 is 0 Å². The average molecular weight is 711 g/mol. The second kappa shape index (κ2) is 32.3. The highest BCUT2D eigenvalue weighted by Crippen LogP contribution is 2.15. The number of rotatable bonds is 35. The molecule has 0 aliphatic rings. The minimum atomic E-state index is -1.05. The lowest BCUT2D eigenvalue weighted by molar-refractivity contribution is -0.142. The Morgan fingerprint density at radius 2 is 0.860 bits per heavy atom. The third-order valence-corrected chi connectivity index (χ3v) is 8.59. The summed E-state index contributed by atoms with van der Waals surface area (Å²) in [6.45, 7) is 15.1. The van der Waals surface area contributed by atoms with Crippen molar-refractivity contribution < 1.29 is 43.9 Å². The van der Waals surface area contributed by atoms with Crippen LogP contribution in [0.5, 0.6) is 0 Å². The smallest absolute Gasteiger partial charge is 0.330 e. The van der Waals surface area contributed by atoms with Gasteiger partial charge in [0.25, 0.3) is 0 Å². The fraction of sp³-hybridized carbons (Fsp3) is 0.769. The van der Waals surface area contributed by atoms with E-state index in [4.69, 9.17) is 14.2 Å². The van der Waals surface area contributed by atoms with Gasteiger partial charge in [-0.15, -0.1) is 0 Å². The first-order valence-electron chi connectivity index (χ1n) is 18.9. The maximum atomic E-state index is 11.5. The SMILES string of the molecule is C=CC(=O)OCC(O)CN(CCCCCCCCCCCCCCCCCC)CC(C)N(CC(O)COC(=O)C=C)CC(O)COC(=O)C=C. The van der Waals surface area contributed by atoms with Crippen LogP contribution in [0, 0.1) is 0 Å². The summed E-state index contributed by atoms with van der Waals surface area (Å²) in [5.74, 6) is -1.92. The molecule has 11 nitrogen and oxygen atoms in total. The van der Waals surface area contributed by atoms with E-state index < -0.39 is 36.2 Å². The van der Waals surface area contributed by atoms with Crippen molar-refractivity contribution in [1.82, 2.24) is 9.80 Å². The van der Waals surface area contributed by atoms with Crippen molar-refractivity contribution in [2.75, 3.05) is 52.5 Å². The summed E-state index contributed by atoms with van der Waals surface area (Å²) in [7, 11) is 0. The van der Waals surface area contributed by atoms with Crippen LogP contribution in [0.15, 0.2) is 38.0 Å². The molecule has 0 fully saturated rings. The molecule has 0 aromatic rings. The van der Waals surface area contributed by atoms with Gasteiger partial charge in [0.05, 0.1) is 0 Å². The number of carbonyl (C=O) groups excluding carboxylic acids is 3. The molecule has 0 aliphatic carbocycles. The van der Waals surface area contributed by atoms with Crippen LogP contribution in [0.4, 0.5) is 0 Å². The Morgan fingerprint density at radius 3 is 1.20 bits per heavy atom. The van der Waals surface area contributed by atoms with E-state index in [-0.39, 0.29) is 45.5 Å². The highest BCUT2D eigenvalue weighted by molar-refractivity contribution is 5.81. The van der Waals surface area contributed by atoms with Crippen molar-refractivity contribution in [1.29, 1.82) is 0 Å². The molecule has 11 heteroatoms. The summed E-state index contributed by atoms with van der Waals surface area (Å²) < 4.78 is 15.0. The summed E-state index contributed by atoms with van der Waals surface area (Å²) in [4.78, 5) is 38.5. The van der Waals surface area contributed by atoms with E-state index in [1.807, 2.05) is 11.8 Å². The lowest BCUT2D eigenvalue weighted by Crippen LogP contribution is -2.50. The third-order valence-electron chi connectivity index (χ3n) is 8.59. The first-order valence-corrected chi connectivity index (χ1v) is 18.9. The molecule has 0 amide bonds. The fourth-order valence-corrected chi connectivity index (χ4v) is 5.77. The van der Waals surface area contributed by atoms with Gasteiger partial charge in [0.15, 0.2) is 0 Å². The molecule has 50 heavy (non-hydrogen) atoms. The Morgan fingerprint density at radius 1 is 0.540 bits per heavy atom. The van der Waals surface area contributed by atoms with E-state index >= 15 is 0 Å².